The largest absolute Gasteiger partial charge is 0.496 e. The normalized spacial score (nSPS) is 10.8. The van der Waals surface area contributed by atoms with Gasteiger partial charge in [-0.25, -0.2) is 0 Å². The number of H-pyrrole nitrogens is 1. The highest BCUT2D eigenvalue weighted by Crippen LogP contribution is 2.29. The van der Waals surface area contributed by atoms with Crippen LogP contribution < -0.4 is 10.5 Å². The molecule has 1 aromatic carbocycles. The molecule has 0 aliphatic heterocycles. The quantitative estimate of drug-likeness (QED) is 0.754. The van der Waals surface area contributed by atoms with Gasteiger partial charge in [0.15, 0.2) is 0 Å². The zero-order valence-electron chi connectivity index (χ0n) is 10.7. The van der Waals surface area contributed by atoms with Crippen LogP contribution in [0.5, 0.6) is 5.75 Å². The maximum Gasteiger partial charge on any atom is 0.128 e. The topological polar surface area (TPSA) is 63.9 Å². The molecule has 0 bridgehead atoms. The summed E-state index contributed by atoms with van der Waals surface area (Å²) in [5.41, 5.74) is 9.62. The van der Waals surface area contributed by atoms with Crippen molar-refractivity contribution in [1.82, 2.24) is 9.97 Å². The summed E-state index contributed by atoms with van der Waals surface area (Å²) < 4.78 is 5.36. The number of aromatic amines is 1. The van der Waals surface area contributed by atoms with Gasteiger partial charge in [0.1, 0.15) is 5.75 Å². The van der Waals surface area contributed by atoms with Crippen molar-refractivity contribution in [3.63, 3.8) is 0 Å². The summed E-state index contributed by atoms with van der Waals surface area (Å²) in [6.45, 7) is 0.513. The molecule has 0 amide bonds. The molecule has 2 heterocycles. The number of rotatable bonds is 3. The van der Waals surface area contributed by atoms with Crippen molar-refractivity contribution in [3.05, 3.63) is 48.2 Å². The lowest BCUT2D eigenvalue weighted by Gasteiger charge is -2.00. The van der Waals surface area contributed by atoms with Crippen LogP contribution in [0.15, 0.2) is 42.6 Å². The summed E-state index contributed by atoms with van der Waals surface area (Å²) >= 11 is 0. The van der Waals surface area contributed by atoms with Gasteiger partial charge in [0.25, 0.3) is 0 Å². The van der Waals surface area contributed by atoms with E-state index < -0.39 is 0 Å². The van der Waals surface area contributed by atoms with Gasteiger partial charge < -0.3 is 15.5 Å². The smallest absolute Gasteiger partial charge is 0.128 e. The average Bonchev–Trinajstić information content (AvgIpc) is 2.91. The molecule has 19 heavy (non-hydrogen) atoms. The molecular formula is C15H15N3O. The lowest BCUT2D eigenvalue weighted by atomic mass is 10.2. The first-order valence-electron chi connectivity index (χ1n) is 6.13. The van der Waals surface area contributed by atoms with Gasteiger partial charge in [-0.15, -0.1) is 0 Å². The molecular weight excluding hydrogens is 238 g/mol. The maximum atomic E-state index is 5.66. The second kappa shape index (κ2) is 4.74. The van der Waals surface area contributed by atoms with Crippen LogP contribution in [-0.4, -0.2) is 17.1 Å². The van der Waals surface area contributed by atoms with Gasteiger partial charge in [-0.05, 0) is 35.9 Å². The number of ether oxygens (including phenoxy) is 1. The predicted molar refractivity (Wildman–Crippen MR) is 76.0 cm³/mol. The van der Waals surface area contributed by atoms with E-state index >= 15 is 0 Å². The molecule has 3 N–H and O–H groups in total. The monoisotopic (exact) mass is 253 g/mol. The van der Waals surface area contributed by atoms with Crippen molar-refractivity contribution in [3.8, 4) is 17.1 Å². The molecule has 0 aliphatic rings. The highest BCUT2D eigenvalue weighted by molar-refractivity contribution is 5.90. The lowest BCUT2D eigenvalue weighted by Crippen LogP contribution is -1.97. The summed E-state index contributed by atoms with van der Waals surface area (Å²) in [7, 11) is 1.68. The van der Waals surface area contributed by atoms with Crippen molar-refractivity contribution in [2.24, 2.45) is 5.73 Å². The highest BCUT2D eigenvalue weighted by Gasteiger charge is 2.08. The van der Waals surface area contributed by atoms with Gasteiger partial charge in [0.2, 0.25) is 0 Å². The van der Waals surface area contributed by atoms with Gasteiger partial charge in [-0.3, -0.25) is 4.98 Å². The highest BCUT2D eigenvalue weighted by atomic mass is 16.5. The predicted octanol–water partition coefficient (Wildman–Crippen LogP) is 2.70. The van der Waals surface area contributed by atoms with E-state index in [0.717, 1.165) is 33.6 Å². The number of fused-ring (bicyclic) bond motifs is 1. The van der Waals surface area contributed by atoms with Crippen molar-refractivity contribution in [2.45, 2.75) is 6.54 Å². The number of methoxy groups -OCH3 is 1. The Morgan fingerprint density at radius 1 is 1.26 bits per heavy atom. The first-order valence-corrected chi connectivity index (χ1v) is 6.13. The minimum Gasteiger partial charge on any atom is -0.496 e. The van der Waals surface area contributed by atoms with Gasteiger partial charge in [0.05, 0.1) is 18.5 Å². The van der Waals surface area contributed by atoms with Crippen LogP contribution >= 0.6 is 0 Å². The van der Waals surface area contributed by atoms with E-state index in [1.54, 1.807) is 13.3 Å². The van der Waals surface area contributed by atoms with Crippen LogP contribution in [0, 0.1) is 0 Å². The number of hydrogen-bond acceptors (Lipinski definition) is 3. The molecule has 0 saturated carbocycles. The van der Waals surface area contributed by atoms with E-state index in [9.17, 15) is 0 Å². The molecule has 0 atom stereocenters. The van der Waals surface area contributed by atoms with Crippen molar-refractivity contribution in [1.29, 1.82) is 0 Å². The maximum absolute atomic E-state index is 5.66. The standard InChI is InChI=1S/C15H15N3O/c1-19-15-4-2-3-12-11(15)8-14(18-12)13-7-10(9-16)5-6-17-13/h2-8,18H,9,16H2,1H3. The van der Waals surface area contributed by atoms with Crippen molar-refractivity contribution >= 4 is 10.9 Å². The molecule has 0 unspecified atom stereocenters. The molecule has 3 rings (SSSR count). The number of pyridine rings is 1. The molecule has 3 aromatic rings. The average molecular weight is 253 g/mol. The van der Waals surface area contributed by atoms with Crippen molar-refractivity contribution in [2.75, 3.05) is 7.11 Å². The Kier molecular flexibility index (Phi) is 2.93. The summed E-state index contributed by atoms with van der Waals surface area (Å²) in [6.07, 6.45) is 1.78. The number of benzene rings is 1. The van der Waals surface area contributed by atoms with E-state index in [1.807, 2.05) is 30.3 Å². The molecule has 96 valence electrons. The Balaban J connectivity index is 2.15. The summed E-state index contributed by atoms with van der Waals surface area (Å²) in [4.78, 5) is 7.74. The van der Waals surface area contributed by atoms with Gasteiger partial charge in [-0.1, -0.05) is 6.07 Å². The summed E-state index contributed by atoms with van der Waals surface area (Å²) in [6, 6.07) is 11.9. The molecule has 0 saturated heterocycles. The van der Waals surface area contributed by atoms with Crippen LogP contribution in [0.2, 0.25) is 0 Å². The Morgan fingerprint density at radius 3 is 2.95 bits per heavy atom. The molecule has 0 radical (unpaired) electrons. The minimum absolute atomic E-state index is 0.513. The van der Waals surface area contributed by atoms with Gasteiger partial charge >= 0.3 is 0 Å². The fourth-order valence-corrected chi connectivity index (χ4v) is 2.19. The van der Waals surface area contributed by atoms with Gasteiger partial charge in [0, 0.05) is 23.6 Å². The zero-order chi connectivity index (χ0) is 13.2. The number of nitrogens with one attached hydrogen (secondary N) is 1. The molecule has 2 aromatic heterocycles. The Hall–Kier alpha value is -2.33. The van der Waals surface area contributed by atoms with E-state index in [4.69, 9.17) is 10.5 Å². The number of aromatic nitrogens is 2. The number of nitrogens with zero attached hydrogens (tertiary/aromatic N) is 1. The third-order valence-electron chi connectivity index (χ3n) is 3.18. The fraction of sp³-hybridized carbons (Fsp3) is 0.133. The molecule has 4 nitrogen and oxygen atoms in total. The van der Waals surface area contributed by atoms with Gasteiger partial charge in [-0.2, -0.15) is 0 Å². The zero-order valence-corrected chi connectivity index (χ0v) is 10.7. The second-order valence-electron chi connectivity index (χ2n) is 4.36. The Labute approximate surface area is 111 Å². The molecule has 0 aliphatic carbocycles. The third-order valence-corrected chi connectivity index (χ3v) is 3.18. The van der Waals surface area contributed by atoms with E-state index in [0.29, 0.717) is 6.54 Å². The van der Waals surface area contributed by atoms with Crippen LogP contribution in [0.1, 0.15) is 5.56 Å². The molecule has 0 fully saturated rings. The third kappa shape index (κ3) is 2.06. The van der Waals surface area contributed by atoms with Crippen LogP contribution in [0.4, 0.5) is 0 Å². The van der Waals surface area contributed by atoms with E-state index in [2.05, 4.69) is 16.0 Å². The fourth-order valence-electron chi connectivity index (χ4n) is 2.19. The van der Waals surface area contributed by atoms with Crippen LogP contribution in [-0.2, 0) is 6.54 Å². The van der Waals surface area contributed by atoms with Crippen LogP contribution in [0.3, 0.4) is 0 Å². The molecule has 4 heteroatoms. The van der Waals surface area contributed by atoms with E-state index in [1.165, 1.54) is 0 Å². The van der Waals surface area contributed by atoms with Crippen LogP contribution in [0.25, 0.3) is 22.3 Å². The first-order chi connectivity index (χ1) is 9.31. The van der Waals surface area contributed by atoms with E-state index in [-0.39, 0.29) is 0 Å². The Bertz CT molecular complexity index is 718. The van der Waals surface area contributed by atoms with Crippen molar-refractivity contribution < 1.29 is 4.74 Å². The minimum atomic E-state index is 0.513. The molecule has 0 spiro atoms. The summed E-state index contributed by atoms with van der Waals surface area (Å²) in [5.74, 6) is 0.856. The first kappa shape index (κ1) is 11.7. The Morgan fingerprint density at radius 2 is 2.16 bits per heavy atom. The SMILES string of the molecule is COc1cccc2[nH]c(-c3cc(CN)ccn3)cc12. The second-order valence-corrected chi connectivity index (χ2v) is 4.36. The number of hydrogen-bond donors (Lipinski definition) is 2. The summed E-state index contributed by atoms with van der Waals surface area (Å²) in [5, 5.41) is 1.06. The number of nitrogens with two attached hydrogens (primary N) is 1. The lowest BCUT2D eigenvalue weighted by molar-refractivity contribution is 0.420.